The van der Waals surface area contributed by atoms with Crippen LogP contribution >= 0.6 is 0 Å². The fourth-order valence-corrected chi connectivity index (χ4v) is 5.33. The van der Waals surface area contributed by atoms with Crippen LogP contribution in [0.15, 0.2) is 12.1 Å². The van der Waals surface area contributed by atoms with Crippen molar-refractivity contribution in [3.05, 3.63) is 34.6 Å². The second kappa shape index (κ2) is 10.1. The smallest absolute Gasteiger partial charge is 0.251 e. The van der Waals surface area contributed by atoms with Crippen molar-refractivity contribution in [2.75, 3.05) is 51.7 Å². The van der Waals surface area contributed by atoms with Crippen molar-refractivity contribution in [2.45, 2.75) is 26.7 Å². The molecule has 2 aliphatic heterocycles. The van der Waals surface area contributed by atoms with Crippen LogP contribution in [0.1, 0.15) is 34.3 Å². The van der Waals surface area contributed by atoms with Crippen molar-refractivity contribution >= 4 is 21.8 Å². The molecule has 1 N–H and O–H groups in total. The first-order chi connectivity index (χ1) is 14.7. The summed E-state index contributed by atoms with van der Waals surface area (Å²) in [5.74, 6) is -0.976. The maximum Gasteiger partial charge on any atom is 0.251 e. The quantitative estimate of drug-likeness (QED) is 0.692. The number of benzene rings is 1. The lowest BCUT2D eigenvalue weighted by molar-refractivity contribution is -0.139. The Bertz CT molecular complexity index is 900. The van der Waals surface area contributed by atoms with Crippen molar-refractivity contribution in [3.63, 3.8) is 0 Å². The zero-order valence-electron chi connectivity index (χ0n) is 18.0. The predicted octanol–water partition coefficient (Wildman–Crippen LogP) is 1.07. The van der Waals surface area contributed by atoms with Crippen molar-refractivity contribution in [1.29, 1.82) is 0 Å². The highest BCUT2D eigenvalue weighted by molar-refractivity contribution is 7.89. The number of rotatable bonds is 6. The molecule has 0 aromatic heterocycles. The first-order valence-corrected chi connectivity index (χ1v) is 12.2. The molecule has 2 heterocycles. The van der Waals surface area contributed by atoms with Gasteiger partial charge in [-0.05, 0) is 49.9 Å². The van der Waals surface area contributed by atoms with Crippen LogP contribution in [0.25, 0.3) is 0 Å². The molecule has 0 spiro atoms. The molecule has 0 radical (unpaired) electrons. The van der Waals surface area contributed by atoms with Crippen LogP contribution in [-0.2, 0) is 19.6 Å². The summed E-state index contributed by atoms with van der Waals surface area (Å²) < 4.78 is 45.7. The van der Waals surface area contributed by atoms with Gasteiger partial charge in [0.15, 0.2) is 0 Å². The molecule has 31 heavy (non-hydrogen) atoms. The van der Waals surface area contributed by atoms with Crippen LogP contribution in [-0.4, -0.2) is 81.1 Å². The van der Waals surface area contributed by atoms with Gasteiger partial charge in [-0.25, -0.2) is 12.8 Å². The summed E-state index contributed by atoms with van der Waals surface area (Å²) in [4.78, 5) is 26.6. The molecule has 1 aromatic carbocycles. The number of piperazine rings is 1. The van der Waals surface area contributed by atoms with Crippen LogP contribution in [0.5, 0.6) is 0 Å². The minimum absolute atomic E-state index is 0.0362. The number of nitrogens with zero attached hydrogens (tertiary/aromatic N) is 2. The number of aryl methyl sites for hydroxylation is 2. The lowest BCUT2D eigenvalue weighted by atomic mass is 9.98. The molecule has 172 valence electrons. The van der Waals surface area contributed by atoms with E-state index in [1.165, 1.54) is 16.4 Å². The van der Waals surface area contributed by atoms with Crippen molar-refractivity contribution < 1.29 is 27.1 Å². The average Bonchev–Trinajstić information content (AvgIpc) is 2.77. The van der Waals surface area contributed by atoms with Crippen molar-refractivity contribution in [2.24, 2.45) is 5.92 Å². The molecule has 1 aromatic rings. The van der Waals surface area contributed by atoms with E-state index >= 15 is 0 Å². The van der Waals surface area contributed by atoms with E-state index in [9.17, 15) is 22.4 Å². The molecule has 0 saturated carbocycles. The van der Waals surface area contributed by atoms with E-state index in [4.69, 9.17) is 4.74 Å². The summed E-state index contributed by atoms with van der Waals surface area (Å²) in [6.07, 6.45) is 1.42. The maximum absolute atomic E-state index is 13.7. The summed E-state index contributed by atoms with van der Waals surface area (Å²) >= 11 is 0. The lowest BCUT2D eigenvalue weighted by Gasteiger charge is -2.36. The molecule has 0 bridgehead atoms. The topological polar surface area (TPSA) is 96.0 Å². The molecule has 2 saturated heterocycles. The molecule has 0 unspecified atom stereocenters. The molecule has 10 heteroatoms. The number of hydrogen-bond acceptors (Lipinski definition) is 5. The maximum atomic E-state index is 13.7. The average molecular weight is 456 g/mol. The molecule has 0 atom stereocenters. The Morgan fingerprint density at radius 1 is 1.10 bits per heavy atom. The molecule has 2 aliphatic rings. The highest BCUT2D eigenvalue weighted by Gasteiger charge is 2.32. The van der Waals surface area contributed by atoms with Gasteiger partial charge < -0.3 is 15.0 Å². The molecular weight excluding hydrogens is 425 g/mol. The van der Waals surface area contributed by atoms with Gasteiger partial charge in [0.2, 0.25) is 15.9 Å². The van der Waals surface area contributed by atoms with Crippen molar-refractivity contribution in [1.82, 2.24) is 14.5 Å². The Morgan fingerprint density at radius 2 is 1.68 bits per heavy atom. The number of carbonyl (C=O) groups excluding carboxylic acids is 2. The van der Waals surface area contributed by atoms with E-state index in [0.717, 1.165) is 0 Å². The first-order valence-electron chi connectivity index (χ1n) is 10.6. The molecule has 2 fully saturated rings. The van der Waals surface area contributed by atoms with Crippen LogP contribution in [0.3, 0.4) is 0 Å². The SMILES string of the molecule is Cc1cc(C(=O)NCCS(=O)(=O)N2CCN(C(=O)C3CCOCC3)CC2)cc(C)c1F. The van der Waals surface area contributed by atoms with Crippen LogP contribution in [0.2, 0.25) is 0 Å². The number of halogens is 1. The second-order valence-corrected chi connectivity index (χ2v) is 10.2. The van der Waals surface area contributed by atoms with Crippen LogP contribution in [0.4, 0.5) is 4.39 Å². The van der Waals surface area contributed by atoms with Gasteiger partial charge in [0.05, 0.1) is 5.75 Å². The Morgan fingerprint density at radius 3 is 2.26 bits per heavy atom. The largest absolute Gasteiger partial charge is 0.381 e. The van der Waals surface area contributed by atoms with Gasteiger partial charge in [-0.1, -0.05) is 0 Å². The highest BCUT2D eigenvalue weighted by atomic mass is 32.2. The van der Waals surface area contributed by atoms with E-state index in [-0.39, 0.29) is 43.0 Å². The number of amides is 2. The third-order valence-corrected chi connectivity index (χ3v) is 7.73. The summed E-state index contributed by atoms with van der Waals surface area (Å²) in [6, 6.07) is 2.89. The van der Waals surface area contributed by atoms with Gasteiger partial charge in [-0.2, -0.15) is 4.31 Å². The molecule has 0 aliphatic carbocycles. The predicted molar refractivity (Wildman–Crippen MR) is 114 cm³/mol. The number of ether oxygens (including phenoxy) is 1. The third kappa shape index (κ3) is 5.81. The lowest BCUT2D eigenvalue weighted by Crippen LogP contribution is -2.53. The Kier molecular flexibility index (Phi) is 7.66. The van der Waals surface area contributed by atoms with Gasteiger partial charge in [0, 0.05) is 57.4 Å². The standard InChI is InChI=1S/C21H30FN3O5S/c1-15-13-18(14-16(2)19(15)22)20(26)23-5-12-31(28,29)25-8-6-24(7-9-25)21(27)17-3-10-30-11-4-17/h13-14,17H,3-12H2,1-2H3,(H,23,26). The Balaban J connectivity index is 1.47. The summed E-state index contributed by atoms with van der Waals surface area (Å²) in [5, 5.41) is 2.59. The minimum atomic E-state index is -3.56. The zero-order chi connectivity index (χ0) is 22.6. The summed E-state index contributed by atoms with van der Waals surface area (Å²) in [7, 11) is -3.56. The van der Waals surface area contributed by atoms with Gasteiger partial charge in [0.25, 0.3) is 5.91 Å². The molecule has 2 amide bonds. The normalized spacial score (nSPS) is 18.7. The Hall–Kier alpha value is -2.04. The van der Waals surface area contributed by atoms with Crippen LogP contribution in [0, 0.1) is 25.6 Å². The van der Waals surface area contributed by atoms with Gasteiger partial charge in [-0.15, -0.1) is 0 Å². The molecule has 3 rings (SSSR count). The zero-order valence-corrected chi connectivity index (χ0v) is 18.8. The Labute approximate surface area is 182 Å². The second-order valence-electron chi connectivity index (χ2n) is 8.11. The van der Waals surface area contributed by atoms with Gasteiger partial charge in [-0.3, -0.25) is 9.59 Å². The van der Waals surface area contributed by atoms with Crippen molar-refractivity contribution in [3.8, 4) is 0 Å². The number of nitrogens with one attached hydrogen (secondary N) is 1. The third-order valence-electron chi connectivity index (χ3n) is 5.86. The van der Waals surface area contributed by atoms with E-state index in [0.29, 0.717) is 55.8 Å². The van der Waals surface area contributed by atoms with E-state index in [1.54, 1.807) is 18.7 Å². The fraction of sp³-hybridized carbons (Fsp3) is 0.619. The number of sulfonamides is 1. The fourth-order valence-electron chi connectivity index (χ4n) is 3.99. The first kappa shape index (κ1) is 23.6. The number of carbonyl (C=O) groups is 2. The van der Waals surface area contributed by atoms with Gasteiger partial charge in [0.1, 0.15) is 5.82 Å². The van der Waals surface area contributed by atoms with E-state index in [2.05, 4.69) is 5.32 Å². The highest BCUT2D eigenvalue weighted by Crippen LogP contribution is 2.19. The number of hydrogen-bond donors (Lipinski definition) is 1. The van der Waals surface area contributed by atoms with Gasteiger partial charge >= 0.3 is 0 Å². The summed E-state index contributed by atoms with van der Waals surface area (Å²) in [5.41, 5.74) is 1.03. The summed E-state index contributed by atoms with van der Waals surface area (Å²) in [6.45, 7) is 5.54. The molecule has 8 nitrogen and oxygen atoms in total. The van der Waals surface area contributed by atoms with E-state index < -0.39 is 15.9 Å². The molecular formula is C21H30FN3O5S. The minimum Gasteiger partial charge on any atom is -0.381 e. The van der Waals surface area contributed by atoms with E-state index in [1.807, 2.05) is 0 Å². The monoisotopic (exact) mass is 455 g/mol. The van der Waals surface area contributed by atoms with Crippen LogP contribution < -0.4 is 5.32 Å².